The van der Waals surface area contributed by atoms with E-state index in [2.05, 4.69) is 24.8 Å². The molecular formula is C16H26O5. The molecule has 0 aliphatic rings. The van der Waals surface area contributed by atoms with Gasteiger partial charge < -0.3 is 14.6 Å². The van der Waals surface area contributed by atoms with Crippen LogP contribution in [0.1, 0.15) is 46.5 Å². The van der Waals surface area contributed by atoms with Gasteiger partial charge in [0.15, 0.2) is 6.29 Å². The van der Waals surface area contributed by atoms with Crippen LogP contribution in [-0.4, -0.2) is 29.9 Å². The molecule has 0 radical (unpaired) electrons. The zero-order chi connectivity index (χ0) is 16.4. The minimum atomic E-state index is -1.27. The van der Waals surface area contributed by atoms with Crippen LogP contribution in [0.25, 0.3) is 0 Å². The second-order valence-electron chi connectivity index (χ2n) is 4.98. The highest BCUT2D eigenvalue weighted by Crippen LogP contribution is 2.15. The van der Waals surface area contributed by atoms with Gasteiger partial charge in [-0.3, -0.25) is 0 Å². The van der Waals surface area contributed by atoms with Gasteiger partial charge in [-0.2, -0.15) is 0 Å². The Kier molecular flexibility index (Phi) is 9.37. The highest BCUT2D eigenvalue weighted by molar-refractivity contribution is 6.06. The molecule has 0 spiro atoms. The number of rotatable bonds is 10. The van der Waals surface area contributed by atoms with Crippen LogP contribution in [0.3, 0.4) is 0 Å². The molecule has 2 unspecified atom stereocenters. The van der Waals surface area contributed by atoms with Crippen molar-refractivity contribution >= 4 is 11.9 Å². The predicted molar refractivity (Wildman–Crippen MR) is 80.3 cm³/mol. The first-order chi connectivity index (χ1) is 9.83. The molecule has 0 aromatic rings. The van der Waals surface area contributed by atoms with E-state index in [1.165, 1.54) is 6.92 Å². The fourth-order valence-electron chi connectivity index (χ4n) is 1.65. The van der Waals surface area contributed by atoms with E-state index < -0.39 is 18.2 Å². The highest BCUT2D eigenvalue weighted by Gasteiger charge is 2.21. The van der Waals surface area contributed by atoms with Crippen molar-refractivity contribution in [3.8, 4) is 0 Å². The lowest BCUT2D eigenvalue weighted by Gasteiger charge is -2.16. The number of aliphatic hydroxyl groups excluding tert-OH is 1. The first kappa shape index (κ1) is 19.4. The van der Waals surface area contributed by atoms with Gasteiger partial charge in [-0.1, -0.05) is 46.3 Å². The molecule has 0 aliphatic carbocycles. The van der Waals surface area contributed by atoms with Crippen LogP contribution in [0.5, 0.6) is 0 Å². The molecule has 2 atom stereocenters. The molecule has 0 saturated carbocycles. The number of esters is 2. The summed E-state index contributed by atoms with van der Waals surface area (Å²) in [4.78, 5) is 23.3. The van der Waals surface area contributed by atoms with Gasteiger partial charge in [0.2, 0.25) is 0 Å². The van der Waals surface area contributed by atoms with Crippen LogP contribution in [0.4, 0.5) is 0 Å². The minimum absolute atomic E-state index is 0.147. The smallest absolute Gasteiger partial charge is 0.340 e. The molecular weight excluding hydrogens is 272 g/mol. The van der Waals surface area contributed by atoms with Gasteiger partial charge in [0.05, 0.1) is 17.8 Å². The van der Waals surface area contributed by atoms with E-state index in [9.17, 15) is 9.59 Å². The molecule has 0 amide bonds. The lowest BCUT2D eigenvalue weighted by atomic mass is 10.0. The summed E-state index contributed by atoms with van der Waals surface area (Å²) in [6.07, 6.45) is 2.84. The van der Waals surface area contributed by atoms with Gasteiger partial charge in [-0.25, -0.2) is 9.59 Å². The van der Waals surface area contributed by atoms with Crippen molar-refractivity contribution in [1.29, 1.82) is 0 Å². The number of hydrogen-bond acceptors (Lipinski definition) is 5. The molecule has 0 heterocycles. The maximum atomic E-state index is 11.8. The summed E-state index contributed by atoms with van der Waals surface area (Å²) in [5.41, 5.74) is -0.353. The van der Waals surface area contributed by atoms with Gasteiger partial charge in [-0.05, 0) is 19.3 Å². The topological polar surface area (TPSA) is 72.8 Å². The molecule has 1 N–H and O–H groups in total. The Morgan fingerprint density at radius 3 is 2.19 bits per heavy atom. The molecule has 0 aromatic heterocycles. The molecule has 120 valence electrons. The molecule has 5 heteroatoms. The average molecular weight is 298 g/mol. The Morgan fingerprint density at radius 2 is 1.71 bits per heavy atom. The number of carbonyl (C=O) groups excluding carboxylic acids is 2. The summed E-state index contributed by atoms with van der Waals surface area (Å²) in [5, 5.41) is 8.95. The molecule has 0 bridgehead atoms. The molecule has 0 aromatic carbocycles. The Bertz CT molecular complexity index is 384. The normalized spacial score (nSPS) is 13.1. The number of ether oxygens (including phenoxy) is 2. The van der Waals surface area contributed by atoms with Crippen LogP contribution in [0.2, 0.25) is 0 Å². The quantitative estimate of drug-likeness (QED) is 0.290. The number of unbranched alkanes of at least 4 members (excludes halogenated alkanes) is 1. The summed E-state index contributed by atoms with van der Waals surface area (Å²) in [6, 6.07) is 0. The maximum absolute atomic E-state index is 11.8. The molecule has 0 saturated heterocycles. The van der Waals surface area contributed by atoms with Crippen molar-refractivity contribution in [2.75, 3.05) is 6.61 Å². The monoisotopic (exact) mass is 298 g/mol. The molecule has 0 fully saturated rings. The number of carbonyl (C=O) groups is 2. The first-order valence-electron chi connectivity index (χ1n) is 7.27. The third-order valence-electron chi connectivity index (χ3n) is 3.13. The minimum Gasteiger partial charge on any atom is -0.462 e. The molecule has 21 heavy (non-hydrogen) atoms. The lowest BCUT2D eigenvalue weighted by Crippen LogP contribution is -2.21. The molecule has 0 rings (SSSR count). The third-order valence-corrected chi connectivity index (χ3v) is 3.13. The van der Waals surface area contributed by atoms with Crippen LogP contribution in [0, 0.1) is 5.92 Å². The predicted octanol–water partition coefficient (Wildman–Crippen LogP) is 2.74. The van der Waals surface area contributed by atoms with E-state index in [-0.39, 0.29) is 11.1 Å². The summed E-state index contributed by atoms with van der Waals surface area (Å²) in [5.74, 6) is -1.26. The van der Waals surface area contributed by atoms with Crippen molar-refractivity contribution in [2.24, 2.45) is 5.92 Å². The Labute approximate surface area is 126 Å². The van der Waals surface area contributed by atoms with Gasteiger partial charge >= 0.3 is 11.9 Å². The highest BCUT2D eigenvalue weighted by atomic mass is 16.6. The van der Waals surface area contributed by atoms with E-state index in [1.54, 1.807) is 0 Å². The van der Waals surface area contributed by atoms with E-state index in [0.717, 1.165) is 25.7 Å². The van der Waals surface area contributed by atoms with Crippen molar-refractivity contribution in [2.45, 2.75) is 52.7 Å². The summed E-state index contributed by atoms with van der Waals surface area (Å²) in [7, 11) is 0. The van der Waals surface area contributed by atoms with Gasteiger partial charge in [0.25, 0.3) is 0 Å². The lowest BCUT2D eigenvalue weighted by molar-refractivity contribution is -0.160. The zero-order valence-electron chi connectivity index (χ0n) is 13.2. The molecule has 5 nitrogen and oxygen atoms in total. The van der Waals surface area contributed by atoms with E-state index >= 15 is 0 Å². The second-order valence-corrected chi connectivity index (χ2v) is 4.98. The summed E-state index contributed by atoms with van der Waals surface area (Å²) >= 11 is 0. The van der Waals surface area contributed by atoms with E-state index in [1.807, 2.05) is 6.92 Å². The standard InChI is InChI=1S/C16H26O5/c1-6-8-9-14(7-2)10-20-15(18)11(3)12(4)16(19)21-13(5)17/h13-14,17H,3-4,6-10H2,1-2,5H3. The zero-order valence-corrected chi connectivity index (χ0v) is 13.2. The average Bonchev–Trinajstić information content (AvgIpc) is 2.44. The fraction of sp³-hybridized carbons (Fsp3) is 0.625. The van der Waals surface area contributed by atoms with Gasteiger partial charge in [0, 0.05) is 0 Å². The van der Waals surface area contributed by atoms with Crippen LogP contribution in [0.15, 0.2) is 24.3 Å². The maximum Gasteiger partial charge on any atom is 0.340 e. The number of aliphatic hydroxyl groups is 1. The van der Waals surface area contributed by atoms with E-state index in [0.29, 0.717) is 12.5 Å². The van der Waals surface area contributed by atoms with Crippen molar-refractivity contribution in [3.05, 3.63) is 24.3 Å². The SMILES string of the molecule is C=C(C(=C)C(=O)OC(C)O)C(=O)OCC(CC)CCCC. The fourth-order valence-corrected chi connectivity index (χ4v) is 1.65. The van der Waals surface area contributed by atoms with Crippen LogP contribution < -0.4 is 0 Å². The number of hydrogen-bond donors (Lipinski definition) is 1. The Morgan fingerprint density at radius 1 is 1.14 bits per heavy atom. The Balaban J connectivity index is 4.35. The largest absolute Gasteiger partial charge is 0.462 e. The van der Waals surface area contributed by atoms with E-state index in [4.69, 9.17) is 9.84 Å². The Hall–Kier alpha value is -1.62. The molecule has 0 aliphatic heterocycles. The second kappa shape index (κ2) is 10.2. The third kappa shape index (κ3) is 7.66. The first-order valence-corrected chi connectivity index (χ1v) is 7.27. The van der Waals surface area contributed by atoms with Crippen molar-refractivity contribution in [3.63, 3.8) is 0 Å². The van der Waals surface area contributed by atoms with Crippen molar-refractivity contribution in [1.82, 2.24) is 0 Å². The van der Waals surface area contributed by atoms with Crippen LogP contribution in [-0.2, 0) is 19.1 Å². The van der Waals surface area contributed by atoms with Gasteiger partial charge in [0.1, 0.15) is 0 Å². The summed E-state index contributed by atoms with van der Waals surface area (Å²) < 4.78 is 9.69. The summed E-state index contributed by atoms with van der Waals surface area (Å²) in [6.45, 7) is 12.7. The van der Waals surface area contributed by atoms with Gasteiger partial charge in [-0.15, -0.1) is 0 Å². The van der Waals surface area contributed by atoms with Crippen LogP contribution >= 0.6 is 0 Å². The van der Waals surface area contributed by atoms with Crippen molar-refractivity contribution < 1.29 is 24.2 Å².